The Labute approximate surface area is 217 Å². The van der Waals surface area contributed by atoms with Gasteiger partial charge in [-0.3, -0.25) is 0 Å². The normalized spacial score (nSPS) is 18.2. The molecule has 1 N–H and O–H groups in total. The fourth-order valence-electron chi connectivity index (χ4n) is 4.62. The predicted octanol–water partition coefficient (Wildman–Crippen LogP) is 6.63. The highest BCUT2D eigenvalue weighted by atomic mass is 16.5. The van der Waals surface area contributed by atoms with Gasteiger partial charge in [-0.15, -0.1) is 0 Å². The molecule has 0 amide bonds. The average Bonchev–Trinajstić information content (AvgIpc) is 2.90. The first-order chi connectivity index (χ1) is 17.5. The van der Waals surface area contributed by atoms with E-state index < -0.39 is 0 Å². The van der Waals surface area contributed by atoms with Gasteiger partial charge in [0.2, 0.25) is 0 Å². The molecule has 1 heterocycles. The third-order valence-electron chi connectivity index (χ3n) is 6.83. The summed E-state index contributed by atoms with van der Waals surface area (Å²) in [5.41, 5.74) is 5.27. The number of rotatable bonds is 11. The summed E-state index contributed by atoms with van der Waals surface area (Å²) in [5, 5.41) is 3.50. The van der Waals surface area contributed by atoms with Crippen LogP contribution in [-0.2, 0) is 28.1 Å². The third-order valence-corrected chi connectivity index (χ3v) is 6.83. The van der Waals surface area contributed by atoms with Gasteiger partial charge in [-0.25, -0.2) is 0 Å². The van der Waals surface area contributed by atoms with E-state index in [0.717, 1.165) is 31.7 Å². The smallest absolute Gasteiger partial charge is 0.119 e. The van der Waals surface area contributed by atoms with Crippen molar-refractivity contribution in [2.75, 3.05) is 26.3 Å². The van der Waals surface area contributed by atoms with E-state index in [0.29, 0.717) is 32.3 Å². The number of hydrogen-bond acceptors (Lipinski definition) is 4. The van der Waals surface area contributed by atoms with Crippen LogP contribution in [0.5, 0.6) is 5.75 Å². The van der Waals surface area contributed by atoms with E-state index in [1.54, 1.807) is 0 Å². The summed E-state index contributed by atoms with van der Waals surface area (Å²) in [6.07, 6.45) is 2.11. The van der Waals surface area contributed by atoms with Gasteiger partial charge < -0.3 is 19.5 Å². The van der Waals surface area contributed by atoms with Crippen LogP contribution in [0.1, 0.15) is 61.8 Å². The van der Waals surface area contributed by atoms with Gasteiger partial charge in [-0.2, -0.15) is 0 Å². The number of benzene rings is 3. The first-order valence-electron chi connectivity index (χ1n) is 13.3. The van der Waals surface area contributed by atoms with Crippen molar-refractivity contribution in [1.29, 1.82) is 0 Å². The molecule has 0 saturated carbocycles. The molecule has 4 rings (SSSR count). The molecule has 4 heteroatoms. The van der Waals surface area contributed by atoms with Crippen LogP contribution in [0.15, 0.2) is 78.9 Å². The molecular formula is C32H41NO3. The Morgan fingerprint density at radius 1 is 0.806 bits per heavy atom. The summed E-state index contributed by atoms with van der Waals surface area (Å²) in [6.45, 7) is 11.3. The monoisotopic (exact) mass is 487 g/mol. The van der Waals surface area contributed by atoms with Gasteiger partial charge in [0.25, 0.3) is 0 Å². The summed E-state index contributed by atoms with van der Waals surface area (Å²) in [4.78, 5) is 0. The van der Waals surface area contributed by atoms with Crippen LogP contribution in [0, 0.1) is 0 Å². The van der Waals surface area contributed by atoms with Crippen LogP contribution < -0.4 is 10.1 Å². The molecule has 2 unspecified atom stereocenters. The summed E-state index contributed by atoms with van der Waals surface area (Å²) in [5.74, 6) is 1.30. The van der Waals surface area contributed by atoms with E-state index in [9.17, 15) is 0 Å². The number of ether oxygens (including phenoxy) is 3. The van der Waals surface area contributed by atoms with Gasteiger partial charge in [0.1, 0.15) is 5.75 Å². The maximum Gasteiger partial charge on any atom is 0.119 e. The van der Waals surface area contributed by atoms with Gasteiger partial charge in [0, 0.05) is 18.9 Å². The van der Waals surface area contributed by atoms with Crippen molar-refractivity contribution in [3.63, 3.8) is 0 Å². The van der Waals surface area contributed by atoms with Crippen LogP contribution in [0.2, 0.25) is 0 Å². The Morgan fingerprint density at radius 3 is 2.25 bits per heavy atom. The second-order valence-corrected chi connectivity index (χ2v) is 10.7. The molecule has 4 nitrogen and oxygen atoms in total. The zero-order chi connectivity index (χ0) is 25.2. The minimum atomic E-state index is 0.162. The second kappa shape index (κ2) is 13.0. The minimum absolute atomic E-state index is 0.162. The maximum absolute atomic E-state index is 6.42. The number of hydrogen-bond donors (Lipinski definition) is 1. The lowest BCUT2D eigenvalue weighted by Crippen LogP contribution is -2.40. The fraction of sp³-hybridized carbons (Fsp3) is 0.438. The van der Waals surface area contributed by atoms with E-state index >= 15 is 0 Å². The molecule has 1 fully saturated rings. The molecular weight excluding hydrogens is 446 g/mol. The minimum Gasteiger partial charge on any atom is -0.494 e. The summed E-state index contributed by atoms with van der Waals surface area (Å²) < 4.78 is 18.1. The molecule has 192 valence electrons. The molecule has 1 aliphatic heterocycles. The highest BCUT2D eigenvalue weighted by Crippen LogP contribution is 2.30. The van der Waals surface area contributed by atoms with Crippen LogP contribution in [0.4, 0.5) is 0 Å². The standard InChI is InChI=1S/C32H41NO3/c1-32(2,3)28-14-10-26(11-15-28)24-36-31-22-33-19-18-30(31)27-12-16-29(17-13-27)35-21-7-20-34-23-25-8-5-4-6-9-25/h4-6,8-17,30-31,33H,7,18-24H2,1-3H3. The molecule has 0 spiro atoms. The molecule has 1 aliphatic rings. The zero-order valence-corrected chi connectivity index (χ0v) is 22.0. The second-order valence-electron chi connectivity index (χ2n) is 10.7. The van der Waals surface area contributed by atoms with Crippen LogP contribution >= 0.6 is 0 Å². The highest BCUT2D eigenvalue weighted by Gasteiger charge is 2.27. The topological polar surface area (TPSA) is 39.7 Å². The average molecular weight is 488 g/mol. The van der Waals surface area contributed by atoms with Gasteiger partial charge in [-0.1, -0.05) is 87.5 Å². The number of nitrogens with one attached hydrogen (secondary N) is 1. The SMILES string of the molecule is CC(C)(C)c1ccc(COC2CNCCC2c2ccc(OCCCOCc3ccccc3)cc2)cc1. The molecule has 0 bridgehead atoms. The first kappa shape index (κ1) is 26.4. The fourth-order valence-corrected chi connectivity index (χ4v) is 4.62. The van der Waals surface area contributed by atoms with E-state index in [4.69, 9.17) is 14.2 Å². The Balaban J connectivity index is 1.22. The first-order valence-corrected chi connectivity index (χ1v) is 13.3. The van der Waals surface area contributed by atoms with E-state index in [-0.39, 0.29) is 11.5 Å². The van der Waals surface area contributed by atoms with Crippen LogP contribution in [0.25, 0.3) is 0 Å². The lowest BCUT2D eigenvalue weighted by molar-refractivity contribution is 0.0106. The Morgan fingerprint density at radius 2 is 1.53 bits per heavy atom. The molecule has 3 aromatic carbocycles. The van der Waals surface area contributed by atoms with Crippen molar-refractivity contribution in [3.05, 3.63) is 101 Å². The molecule has 0 aromatic heterocycles. The summed E-state index contributed by atoms with van der Waals surface area (Å²) in [7, 11) is 0. The largest absolute Gasteiger partial charge is 0.494 e. The van der Waals surface area contributed by atoms with Crippen LogP contribution in [-0.4, -0.2) is 32.4 Å². The van der Waals surface area contributed by atoms with E-state index in [1.165, 1.54) is 22.3 Å². The molecule has 0 radical (unpaired) electrons. The van der Waals surface area contributed by atoms with Gasteiger partial charge >= 0.3 is 0 Å². The lowest BCUT2D eigenvalue weighted by atomic mass is 9.86. The molecule has 0 aliphatic carbocycles. The molecule has 36 heavy (non-hydrogen) atoms. The van der Waals surface area contributed by atoms with Crippen molar-refractivity contribution >= 4 is 0 Å². The number of piperidine rings is 1. The summed E-state index contributed by atoms with van der Waals surface area (Å²) >= 11 is 0. The lowest BCUT2D eigenvalue weighted by Gasteiger charge is -2.32. The zero-order valence-electron chi connectivity index (χ0n) is 22.0. The van der Waals surface area contributed by atoms with Crippen molar-refractivity contribution in [1.82, 2.24) is 5.32 Å². The quantitative estimate of drug-likeness (QED) is 0.308. The summed E-state index contributed by atoms with van der Waals surface area (Å²) in [6, 6.07) is 27.7. The van der Waals surface area contributed by atoms with Gasteiger partial charge in [0.05, 0.1) is 32.5 Å². The highest BCUT2D eigenvalue weighted by molar-refractivity contribution is 5.31. The van der Waals surface area contributed by atoms with Gasteiger partial charge in [-0.05, 0) is 52.8 Å². The Bertz CT molecular complexity index is 1030. The van der Waals surface area contributed by atoms with Crippen LogP contribution in [0.3, 0.4) is 0 Å². The molecule has 2 atom stereocenters. The van der Waals surface area contributed by atoms with Crippen molar-refractivity contribution in [2.24, 2.45) is 0 Å². The van der Waals surface area contributed by atoms with Crippen molar-refractivity contribution in [2.45, 2.75) is 64.3 Å². The van der Waals surface area contributed by atoms with Crippen molar-refractivity contribution < 1.29 is 14.2 Å². The predicted molar refractivity (Wildman–Crippen MR) is 147 cm³/mol. The van der Waals surface area contributed by atoms with E-state index in [2.05, 4.69) is 86.8 Å². The third kappa shape index (κ3) is 7.92. The Kier molecular flexibility index (Phi) is 9.57. The molecule has 1 saturated heterocycles. The maximum atomic E-state index is 6.42. The van der Waals surface area contributed by atoms with Crippen molar-refractivity contribution in [3.8, 4) is 5.75 Å². The molecule has 3 aromatic rings. The van der Waals surface area contributed by atoms with E-state index in [1.807, 2.05) is 18.2 Å². The van der Waals surface area contributed by atoms with Gasteiger partial charge in [0.15, 0.2) is 0 Å². The Hall–Kier alpha value is -2.66.